The van der Waals surface area contributed by atoms with Gasteiger partial charge < -0.3 is 18.8 Å². The summed E-state index contributed by atoms with van der Waals surface area (Å²) in [4.78, 5) is 2.51. The molecule has 1 fully saturated rings. The molecule has 0 unspecified atom stereocenters. The summed E-state index contributed by atoms with van der Waals surface area (Å²) >= 11 is 0. The Morgan fingerprint density at radius 1 is 0.778 bits per heavy atom. The summed E-state index contributed by atoms with van der Waals surface area (Å²) in [6.07, 6.45) is 0.599. The molecular weight excluding hydrogens is 467 g/mol. The van der Waals surface area contributed by atoms with E-state index in [1.807, 2.05) is 30.3 Å². The molecule has 5 rings (SSSR count). The smallest absolute Gasteiger partial charge is 0.416 e. The molecule has 0 spiro atoms. The first kappa shape index (κ1) is 24.3. The summed E-state index contributed by atoms with van der Waals surface area (Å²) in [5.74, 6) is 2.40. The molecule has 1 aliphatic rings. The van der Waals surface area contributed by atoms with Crippen molar-refractivity contribution < 1.29 is 27.1 Å². The van der Waals surface area contributed by atoms with E-state index in [4.69, 9.17) is 13.9 Å². The molecular formula is C29H28F3NO3. The Morgan fingerprint density at radius 3 is 2.19 bits per heavy atom. The number of fused-ring (bicyclic) bond motifs is 1. The summed E-state index contributed by atoms with van der Waals surface area (Å²) in [7, 11) is 0. The fourth-order valence-electron chi connectivity index (χ4n) is 4.45. The van der Waals surface area contributed by atoms with Crippen molar-refractivity contribution in [3.63, 3.8) is 0 Å². The lowest BCUT2D eigenvalue weighted by Gasteiger charge is -2.26. The highest BCUT2D eigenvalue weighted by atomic mass is 19.4. The number of halogens is 3. The van der Waals surface area contributed by atoms with Crippen molar-refractivity contribution in [1.82, 2.24) is 4.90 Å². The van der Waals surface area contributed by atoms with E-state index in [0.29, 0.717) is 29.4 Å². The van der Waals surface area contributed by atoms with Crippen LogP contribution in [0.4, 0.5) is 13.2 Å². The normalized spacial score (nSPS) is 14.8. The number of rotatable bonds is 8. The zero-order chi connectivity index (χ0) is 25.0. The van der Waals surface area contributed by atoms with Gasteiger partial charge in [0.1, 0.15) is 28.6 Å². The Hall–Kier alpha value is -3.45. The number of hydrogen-bond donors (Lipinski definition) is 0. The molecule has 0 bridgehead atoms. The van der Waals surface area contributed by atoms with Gasteiger partial charge in [-0.15, -0.1) is 0 Å². The first-order chi connectivity index (χ1) is 17.4. The van der Waals surface area contributed by atoms with E-state index in [-0.39, 0.29) is 0 Å². The van der Waals surface area contributed by atoms with Crippen LogP contribution in [-0.4, -0.2) is 31.1 Å². The minimum absolute atomic E-state index is 0.331. The second-order valence-electron chi connectivity index (χ2n) is 9.06. The second-order valence-corrected chi connectivity index (χ2v) is 9.06. The zero-order valence-corrected chi connectivity index (χ0v) is 19.9. The molecule has 1 aromatic heterocycles. The van der Waals surface area contributed by atoms with Gasteiger partial charge in [-0.1, -0.05) is 6.42 Å². The van der Waals surface area contributed by atoms with E-state index >= 15 is 0 Å². The van der Waals surface area contributed by atoms with Crippen molar-refractivity contribution in [2.24, 2.45) is 0 Å². The Bertz CT molecular complexity index is 1270. The summed E-state index contributed by atoms with van der Waals surface area (Å²) in [5.41, 5.74) is 0.915. The first-order valence-electron chi connectivity index (χ1n) is 12.3. The van der Waals surface area contributed by atoms with Gasteiger partial charge in [-0.05, 0) is 105 Å². The van der Waals surface area contributed by atoms with E-state index in [0.717, 1.165) is 41.8 Å². The average Bonchev–Trinajstić information content (AvgIpc) is 3.31. The lowest BCUT2D eigenvalue weighted by molar-refractivity contribution is -0.137. The molecule has 3 aromatic carbocycles. The summed E-state index contributed by atoms with van der Waals surface area (Å²) in [6, 6.07) is 19.7. The van der Waals surface area contributed by atoms with Crippen LogP contribution < -0.4 is 9.47 Å². The molecule has 0 amide bonds. The van der Waals surface area contributed by atoms with Crippen LogP contribution in [-0.2, 0) is 6.18 Å². The van der Waals surface area contributed by atoms with Gasteiger partial charge in [0.25, 0.3) is 0 Å². The average molecular weight is 496 g/mol. The number of hydrogen-bond acceptors (Lipinski definition) is 4. The standard InChI is InChI=1S/C29H28F3NO3/c30-29(31,32)23-7-11-25(12-8-23)35-26-13-14-27-22(19-26)20-28(36-27)21-5-9-24(10-6-21)34-18-4-17-33-15-2-1-3-16-33/h5-14,19-20H,1-4,15-18H2. The number of benzene rings is 3. The topological polar surface area (TPSA) is 34.8 Å². The molecule has 0 N–H and O–H groups in total. The molecule has 4 aromatic rings. The molecule has 4 nitrogen and oxygen atoms in total. The molecule has 0 saturated carbocycles. The summed E-state index contributed by atoms with van der Waals surface area (Å²) in [6.45, 7) is 4.19. The molecule has 188 valence electrons. The second kappa shape index (κ2) is 10.7. The van der Waals surface area contributed by atoms with Crippen molar-refractivity contribution in [1.29, 1.82) is 0 Å². The monoisotopic (exact) mass is 495 g/mol. The Kier molecular flexibility index (Phi) is 7.18. The Morgan fingerprint density at radius 2 is 1.47 bits per heavy atom. The number of furan rings is 1. The highest BCUT2D eigenvalue weighted by Crippen LogP contribution is 2.34. The lowest BCUT2D eigenvalue weighted by atomic mass is 10.1. The maximum absolute atomic E-state index is 12.8. The largest absolute Gasteiger partial charge is 0.494 e. The Labute approximate surface area is 208 Å². The van der Waals surface area contributed by atoms with E-state index in [9.17, 15) is 13.2 Å². The molecule has 7 heteroatoms. The van der Waals surface area contributed by atoms with Gasteiger partial charge in [0.2, 0.25) is 0 Å². The number of ether oxygens (including phenoxy) is 2. The third kappa shape index (κ3) is 6.02. The quantitative estimate of drug-likeness (QED) is 0.231. The molecule has 0 aliphatic carbocycles. The first-order valence-corrected chi connectivity index (χ1v) is 12.3. The molecule has 36 heavy (non-hydrogen) atoms. The summed E-state index contributed by atoms with van der Waals surface area (Å²) < 4.78 is 55.9. The van der Waals surface area contributed by atoms with Gasteiger partial charge >= 0.3 is 6.18 Å². The highest BCUT2D eigenvalue weighted by Gasteiger charge is 2.30. The fraction of sp³-hybridized carbons (Fsp3) is 0.310. The minimum atomic E-state index is -4.37. The van der Waals surface area contributed by atoms with Gasteiger partial charge in [-0.25, -0.2) is 0 Å². The van der Waals surface area contributed by atoms with Crippen LogP contribution in [0.15, 0.2) is 77.2 Å². The van der Waals surface area contributed by atoms with Crippen molar-refractivity contribution in [2.75, 3.05) is 26.2 Å². The van der Waals surface area contributed by atoms with Gasteiger partial charge in [0.15, 0.2) is 0 Å². The van der Waals surface area contributed by atoms with Crippen molar-refractivity contribution in [3.8, 4) is 28.6 Å². The predicted octanol–water partition coefficient (Wildman–Crippen LogP) is 8.17. The van der Waals surface area contributed by atoms with Crippen LogP contribution in [0.5, 0.6) is 17.2 Å². The van der Waals surface area contributed by atoms with E-state index < -0.39 is 11.7 Å². The zero-order valence-electron chi connectivity index (χ0n) is 19.9. The maximum atomic E-state index is 12.8. The minimum Gasteiger partial charge on any atom is -0.494 e. The van der Waals surface area contributed by atoms with Crippen LogP contribution in [0.3, 0.4) is 0 Å². The van der Waals surface area contributed by atoms with Crippen molar-refractivity contribution >= 4 is 11.0 Å². The fourth-order valence-corrected chi connectivity index (χ4v) is 4.45. The van der Waals surface area contributed by atoms with Gasteiger partial charge in [-0.3, -0.25) is 0 Å². The molecule has 1 aliphatic heterocycles. The molecule has 0 atom stereocenters. The maximum Gasteiger partial charge on any atom is 0.416 e. The van der Waals surface area contributed by atoms with Gasteiger partial charge in [-0.2, -0.15) is 13.2 Å². The molecule has 2 heterocycles. The van der Waals surface area contributed by atoms with Crippen LogP contribution in [0.25, 0.3) is 22.3 Å². The van der Waals surface area contributed by atoms with E-state index in [2.05, 4.69) is 4.90 Å². The van der Waals surface area contributed by atoms with E-state index in [1.165, 1.54) is 44.5 Å². The van der Waals surface area contributed by atoms with Gasteiger partial charge in [0.05, 0.1) is 12.2 Å². The highest BCUT2D eigenvalue weighted by molar-refractivity contribution is 5.84. The SMILES string of the molecule is FC(F)(F)c1ccc(Oc2ccc3oc(-c4ccc(OCCCN5CCCCC5)cc4)cc3c2)cc1. The van der Waals surface area contributed by atoms with Crippen LogP contribution in [0, 0.1) is 0 Å². The van der Waals surface area contributed by atoms with Gasteiger partial charge in [0, 0.05) is 17.5 Å². The van der Waals surface area contributed by atoms with Crippen LogP contribution in [0.1, 0.15) is 31.2 Å². The van der Waals surface area contributed by atoms with Crippen LogP contribution in [0.2, 0.25) is 0 Å². The number of likely N-dealkylation sites (tertiary alicyclic amines) is 1. The van der Waals surface area contributed by atoms with E-state index in [1.54, 1.807) is 18.2 Å². The number of nitrogens with zero attached hydrogens (tertiary/aromatic N) is 1. The Balaban J connectivity index is 1.19. The number of alkyl halides is 3. The third-order valence-electron chi connectivity index (χ3n) is 6.38. The predicted molar refractivity (Wildman–Crippen MR) is 134 cm³/mol. The lowest BCUT2D eigenvalue weighted by Crippen LogP contribution is -2.31. The number of piperidine rings is 1. The van der Waals surface area contributed by atoms with Crippen molar-refractivity contribution in [2.45, 2.75) is 31.9 Å². The summed E-state index contributed by atoms with van der Waals surface area (Å²) in [5, 5.41) is 0.840. The molecule has 1 saturated heterocycles. The molecule has 0 radical (unpaired) electrons. The third-order valence-corrected chi connectivity index (χ3v) is 6.38. The van der Waals surface area contributed by atoms with Crippen molar-refractivity contribution in [3.05, 3.63) is 78.4 Å². The van der Waals surface area contributed by atoms with Crippen LogP contribution >= 0.6 is 0 Å².